The molecule has 2 aliphatic rings. The molecule has 0 aliphatic heterocycles. The van der Waals surface area contributed by atoms with Gasteiger partial charge in [0.2, 0.25) is 0 Å². The van der Waals surface area contributed by atoms with Crippen LogP contribution in [0.25, 0.3) is 0 Å². The van der Waals surface area contributed by atoms with Crippen molar-refractivity contribution >= 4 is 14.2 Å². The van der Waals surface area contributed by atoms with Crippen molar-refractivity contribution in [2.45, 2.75) is 83.1 Å². The monoisotopic (exact) mass is 402 g/mol. The van der Waals surface area contributed by atoms with Crippen molar-refractivity contribution in [3.05, 3.63) is 6.57 Å². The van der Waals surface area contributed by atoms with Crippen LogP contribution in [0, 0.1) is 11.8 Å². The summed E-state index contributed by atoms with van der Waals surface area (Å²) in [6, 6.07) is 0.359. The van der Waals surface area contributed by atoms with Crippen LogP contribution in [0.1, 0.15) is 64.2 Å². The second-order valence-electron chi connectivity index (χ2n) is 5.86. The third-order valence-corrected chi connectivity index (χ3v) is 3.76. The number of hydrogen-bond donors (Lipinski definition) is 2. The molecule has 10 heteroatoms. The zero-order valence-corrected chi connectivity index (χ0v) is 18.2. The molecule has 0 unspecified atom stereocenters. The van der Waals surface area contributed by atoms with E-state index in [9.17, 15) is 22.4 Å². The second-order valence-corrected chi connectivity index (χ2v) is 5.86. The summed E-state index contributed by atoms with van der Waals surface area (Å²) in [6.45, 7) is 4.09. The Labute approximate surface area is 184 Å². The van der Waals surface area contributed by atoms with Gasteiger partial charge in [-0.15, -0.1) is 0 Å². The molecule has 0 aromatic heterocycles. The van der Waals surface area contributed by atoms with E-state index in [4.69, 9.17) is 11.8 Å². The predicted octanol–water partition coefficient (Wildman–Crippen LogP) is 0.623. The molecule has 3 N–H and O–H groups in total. The predicted molar refractivity (Wildman–Crippen MR) is 94.8 cm³/mol. The Morgan fingerprint density at radius 1 is 0.963 bits per heavy atom. The minimum Gasteiger partial charge on any atom is -0.512 e. The molecule has 2 saturated carbocycles. The quantitative estimate of drug-likeness (QED) is 0.411. The normalized spacial score (nSPS) is 16.3. The van der Waals surface area contributed by atoms with Gasteiger partial charge in [-0.05, 0) is 25.7 Å². The van der Waals surface area contributed by atoms with Crippen molar-refractivity contribution in [3.8, 4) is 0 Å². The number of carbonyl (C=O) groups is 1. The third-order valence-electron chi connectivity index (χ3n) is 3.76. The van der Waals surface area contributed by atoms with Gasteiger partial charge in [0, 0.05) is 27.3 Å². The first-order chi connectivity index (χ1) is 12.0. The molecule has 2 aliphatic carbocycles. The zero-order chi connectivity index (χ0) is 19.5. The number of Topliss-reactive ketones (excluding diaryl/α,β-unsaturated/α-hetero) is 1. The van der Waals surface area contributed by atoms with Crippen LogP contribution >= 0.6 is 0 Å². The largest absolute Gasteiger partial charge is 1.00 e. The summed E-state index contributed by atoms with van der Waals surface area (Å²) in [4.78, 5) is 10.5. The van der Waals surface area contributed by atoms with Gasteiger partial charge in [-0.3, -0.25) is 4.79 Å². The van der Waals surface area contributed by atoms with E-state index in [0.29, 0.717) is 11.8 Å². The fourth-order valence-electron chi connectivity index (χ4n) is 2.51. The molecule has 151 valence electrons. The first-order valence-corrected chi connectivity index (χ1v) is 8.69. The van der Waals surface area contributed by atoms with Gasteiger partial charge in [-0.1, -0.05) is 25.7 Å². The molecular formula is C17H30BF4N3NaO. The molecule has 0 heterocycles. The molecule has 0 saturated heterocycles. The number of nitrogens with two attached hydrogens (primary N) is 1. The molecule has 2 fully saturated rings. The third kappa shape index (κ3) is 28.2. The Morgan fingerprint density at radius 3 is 1.67 bits per heavy atom. The van der Waals surface area contributed by atoms with Crippen molar-refractivity contribution in [1.82, 2.24) is 5.32 Å². The van der Waals surface area contributed by atoms with Crippen LogP contribution in [0.15, 0.2) is 0 Å². The summed E-state index contributed by atoms with van der Waals surface area (Å²) in [5, 5.41) is 9.12. The van der Waals surface area contributed by atoms with E-state index in [1.807, 2.05) is 0 Å². The van der Waals surface area contributed by atoms with Crippen LogP contribution in [0.4, 0.5) is 17.6 Å². The molecule has 0 aromatic rings. The van der Waals surface area contributed by atoms with Crippen LogP contribution in [-0.4, -0.2) is 46.2 Å². The van der Waals surface area contributed by atoms with Crippen LogP contribution in [0.5, 0.6) is 0 Å². The van der Waals surface area contributed by atoms with Gasteiger partial charge in [0.15, 0.2) is 0 Å². The maximum Gasteiger partial charge on any atom is 1.00 e. The Bertz CT molecular complexity index is 327. The average Bonchev–Trinajstić information content (AvgIpc) is 2.64. The Morgan fingerprint density at radius 2 is 1.37 bits per heavy atom. The molecule has 0 bridgehead atoms. The van der Waals surface area contributed by atoms with Crippen molar-refractivity contribution < 1.29 is 51.9 Å². The molecule has 2 rings (SSSR count). The van der Waals surface area contributed by atoms with E-state index in [1.54, 1.807) is 0 Å². The van der Waals surface area contributed by atoms with Crippen LogP contribution < -0.4 is 40.6 Å². The molecule has 3 radical (unpaired) electrons. The second kappa shape index (κ2) is 25.9. The Hall–Kier alpha value is -0.135. The minimum absolute atomic E-state index is 0. The molecule has 27 heavy (non-hydrogen) atoms. The van der Waals surface area contributed by atoms with Gasteiger partial charge in [0.25, 0.3) is 12.9 Å². The van der Waals surface area contributed by atoms with E-state index in [0.717, 1.165) is 38.5 Å². The first kappa shape index (κ1) is 34.4. The summed E-state index contributed by atoms with van der Waals surface area (Å²) in [6.07, 6.45) is 6.52. The van der Waals surface area contributed by atoms with E-state index in [2.05, 4.69) is 11.1 Å². The molecular weight excluding hydrogens is 372 g/mol. The number of alkyl halides is 4. The Balaban J connectivity index is -0.000000145. The van der Waals surface area contributed by atoms with Crippen LogP contribution in [-0.2, 0) is 4.79 Å². The maximum atomic E-state index is 11.7. The van der Waals surface area contributed by atoms with Gasteiger partial charge < -0.3 is 22.9 Å². The number of ketones is 1. The Kier molecular flexibility index (Phi) is 32.9. The fraction of sp³-hybridized carbons (Fsp3) is 0.882. The topological polar surface area (TPSA) is 78.9 Å². The molecule has 0 amide bonds. The fourth-order valence-corrected chi connectivity index (χ4v) is 2.51. The van der Waals surface area contributed by atoms with Crippen molar-refractivity contribution in [2.24, 2.45) is 5.73 Å². The van der Waals surface area contributed by atoms with Gasteiger partial charge in [0.1, 0.15) is 5.78 Å². The summed E-state index contributed by atoms with van der Waals surface area (Å²) in [7, 11) is 0. The summed E-state index contributed by atoms with van der Waals surface area (Å²) < 4.78 is 44.7. The van der Waals surface area contributed by atoms with Crippen LogP contribution in [0.2, 0.25) is 0 Å². The van der Waals surface area contributed by atoms with Gasteiger partial charge in [-0.25, -0.2) is 17.6 Å². The SMILES string of the molecule is FC(F)CNC1CCCCC1.NCC(F)F.O=C1CCCCC1.[B].[C-]#N.[Na+]. The average molecular weight is 402 g/mol. The van der Waals surface area contributed by atoms with E-state index in [1.165, 1.54) is 25.7 Å². The minimum atomic E-state index is -2.34. The maximum absolute atomic E-state index is 11.7. The first-order valence-electron chi connectivity index (χ1n) is 8.69. The molecule has 4 nitrogen and oxygen atoms in total. The number of carbonyl (C=O) groups excluding carboxylic acids is 1. The van der Waals surface area contributed by atoms with Gasteiger partial charge >= 0.3 is 29.6 Å². The van der Waals surface area contributed by atoms with E-state index >= 15 is 0 Å². The molecule has 0 spiro atoms. The number of nitrogens with one attached hydrogen (secondary N) is 1. The van der Waals surface area contributed by atoms with Crippen molar-refractivity contribution in [2.75, 3.05) is 13.1 Å². The number of halogens is 4. The smallest absolute Gasteiger partial charge is 0.512 e. The summed E-state index contributed by atoms with van der Waals surface area (Å²) >= 11 is 0. The standard InChI is InChI=1S/C8H15F2N.C6H10O.C2H5F2N.CN.B.Na/c9-8(10)6-11-7-4-2-1-3-5-7;7-6-4-2-1-3-5-6;3-2(4)1-5;1-2;;/h7-8,11H,1-6H2;1-5H2;2H,1,5H2;;;/q;;;-1;;+1. The summed E-state index contributed by atoms with van der Waals surface area (Å²) in [5.41, 5.74) is 4.42. The van der Waals surface area contributed by atoms with Crippen molar-refractivity contribution in [3.63, 3.8) is 0 Å². The van der Waals surface area contributed by atoms with Crippen LogP contribution in [0.3, 0.4) is 0 Å². The van der Waals surface area contributed by atoms with E-state index in [-0.39, 0.29) is 44.5 Å². The number of rotatable bonds is 4. The van der Waals surface area contributed by atoms with E-state index < -0.39 is 19.4 Å². The number of hydrogen-bond acceptors (Lipinski definition) is 4. The van der Waals surface area contributed by atoms with Gasteiger partial charge in [-0.2, -0.15) is 0 Å². The molecule has 0 atom stereocenters. The van der Waals surface area contributed by atoms with Crippen molar-refractivity contribution in [1.29, 1.82) is 5.26 Å². The number of nitrogens with zero attached hydrogens (tertiary/aromatic N) is 1. The zero-order valence-electron chi connectivity index (χ0n) is 16.2. The van der Waals surface area contributed by atoms with Gasteiger partial charge in [0.05, 0.1) is 13.1 Å². The molecule has 0 aromatic carbocycles. The summed E-state index contributed by atoms with van der Waals surface area (Å²) in [5.74, 6) is 0.464.